The first-order valence-corrected chi connectivity index (χ1v) is 7.81. The number of aromatic nitrogens is 2. The Morgan fingerprint density at radius 2 is 1.90 bits per heavy atom. The molecule has 1 atom stereocenters. The van der Waals surface area contributed by atoms with Gasteiger partial charge < -0.3 is 4.74 Å². The first-order valence-electron chi connectivity index (χ1n) is 6.36. The zero-order valence-corrected chi connectivity index (χ0v) is 14.6. The maximum atomic E-state index is 6.27. The van der Waals surface area contributed by atoms with Crippen LogP contribution >= 0.6 is 34.2 Å². The number of halogens is 2. The summed E-state index contributed by atoms with van der Waals surface area (Å²) in [6.07, 6.45) is 0.772. The predicted molar refractivity (Wildman–Crippen MR) is 89.8 cm³/mol. The number of hydrogen-bond acceptors (Lipinski definition) is 3. The lowest BCUT2D eigenvalue weighted by Crippen LogP contribution is -2.26. The summed E-state index contributed by atoms with van der Waals surface area (Å²) in [5.74, 6) is 0.617. The lowest BCUT2D eigenvalue weighted by atomic mass is 10.0. The van der Waals surface area contributed by atoms with Gasteiger partial charge in [0.05, 0.1) is 9.26 Å². The van der Waals surface area contributed by atoms with Gasteiger partial charge in [0, 0.05) is 12.7 Å². The van der Waals surface area contributed by atoms with Gasteiger partial charge in [-0.2, -0.15) is 0 Å². The van der Waals surface area contributed by atoms with E-state index < -0.39 is 5.60 Å². The average Bonchev–Trinajstić information content (AvgIpc) is 2.50. The maximum Gasteiger partial charge on any atom is 0.162 e. The second kappa shape index (κ2) is 6.37. The molecule has 2 aromatic rings. The molecule has 0 amide bonds. The number of benzene rings is 1. The molecule has 0 aliphatic heterocycles. The zero-order chi connectivity index (χ0) is 14.8. The van der Waals surface area contributed by atoms with Crippen LogP contribution in [-0.2, 0) is 10.3 Å². The van der Waals surface area contributed by atoms with E-state index in [9.17, 15) is 0 Å². The Morgan fingerprint density at radius 3 is 2.45 bits per heavy atom. The molecule has 5 heteroatoms. The molecule has 1 unspecified atom stereocenters. The highest BCUT2D eigenvalue weighted by atomic mass is 127. The summed E-state index contributed by atoms with van der Waals surface area (Å²) in [7, 11) is 1.67. The molecule has 20 heavy (non-hydrogen) atoms. The van der Waals surface area contributed by atoms with E-state index in [0.29, 0.717) is 11.0 Å². The van der Waals surface area contributed by atoms with Crippen molar-refractivity contribution in [3.05, 3.63) is 44.9 Å². The molecule has 0 bridgehead atoms. The van der Waals surface area contributed by atoms with Crippen molar-refractivity contribution in [1.82, 2.24) is 9.97 Å². The van der Waals surface area contributed by atoms with E-state index in [4.69, 9.17) is 16.3 Å². The Labute approximate surface area is 137 Å². The van der Waals surface area contributed by atoms with Gasteiger partial charge in [0.15, 0.2) is 5.82 Å². The van der Waals surface area contributed by atoms with Gasteiger partial charge in [-0.05, 0) is 35.9 Å². The number of hydrogen-bond donors (Lipinski definition) is 0. The third-order valence-corrected chi connectivity index (χ3v) is 5.07. The van der Waals surface area contributed by atoms with E-state index in [2.05, 4.69) is 32.6 Å². The van der Waals surface area contributed by atoms with E-state index >= 15 is 0 Å². The molecule has 0 saturated carbocycles. The summed E-state index contributed by atoms with van der Waals surface area (Å²) >= 11 is 8.45. The second-order valence-corrected chi connectivity index (χ2v) is 6.09. The molecular formula is C15H16ClIN2O. The summed E-state index contributed by atoms with van der Waals surface area (Å²) in [5, 5.41) is 0.464. The van der Waals surface area contributed by atoms with Gasteiger partial charge in [-0.1, -0.05) is 48.9 Å². The average molecular weight is 403 g/mol. The predicted octanol–water partition coefficient (Wildman–Crippen LogP) is 4.67. The van der Waals surface area contributed by atoms with Gasteiger partial charge in [0.2, 0.25) is 0 Å². The van der Waals surface area contributed by atoms with Crippen molar-refractivity contribution in [3.63, 3.8) is 0 Å². The standard InChI is InChI=1S/C15H16ClIN2O/c1-4-15(2,20-3)14-18-12(11(17)13(16)19-14)10-8-6-5-7-9-10/h5-9H,4H2,1-3H3. The van der Waals surface area contributed by atoms with Crippen LogP contribution in [-0.4, -0.2) is 17.1 Å². The molecule has 0 aliphatic rings. The molecule has 3 nitrogen and oxygen atoms in total. The van der Waals surface area contributed by atoms with Gasteiger partial charge in [0.1, 0.15) is 10.8 Å². The number of methoxy groups -OCH3 is 1. The van der Waals surface area contributed by atoms with E-state index in [1.807, 2.05) is 44.2 Å². The molecule has 1 aromatic heterocycles. The first kappa shape index (κ1) is 15.7. The van der Waals surface area contributed by atoms with Crippen molar-refractivity contribution in [2.75, 3.05) is 7.11 Å². The molecule has 0 saturated heterocycles. The van der Waals surface area contributed by atoms with Gasteiger partial charge in [0.25, 0.3) is 0 Å². The summed E-state index contributed by atoms with van der Waals surface area (Å²) in [4.78, 5) is 9.08. The fourth-order valence-electron chi connectivity index (χ4n) is 1.84. The quantitative estimate of drug-likeness (QED) is 0.550. The summed E-state index contributed by atoms with van der Waals surface area (Å²) in [6, 6.07) is 9.97. The maximum absolute atomic E-state index is 6.27. The van der Waals surface area contributed by atoms with Crippen molar-refractivity contribution < 1.29 is 4.74 Å². The molecule has 2 rings (SSSR count). The van der Waals surface area contributed by atoms with Crippen LogP contribution in [0.2, 0.25) is 5.15 Å². The first-order chi connectivity index (χ1) is 9.51. The van der Waals surface area contributed by atoms with Crippen molar-refractivity contribution in [1.29, 1.82) is 0 Å². The molecule has 0 aliphatic carbocycles. The van der Waals surface area contributed by atoms with Crippen LogP contribution in [0.4, 0.5) is 0 Å². The van der Waals surface area contributed by atoms with E-state index in [-0.39, 0.29) is 0 Å². The Balaban J connectivity index is 2.62. The lowest BCUT2D eigenvalue weighted by Gasteiger charge is -2.25. The van der Waals surface area contributed by atoms with Gasteiger partial charge in [-0.3, -0.25) is 0 Å². The SMILES string of the molecule is CCC(C)(OC)c1nc(Cl)c(I)c(-c2ccccc2)n1. The van der Waals surface area contributed by atoms with Crippen LogP contribution in [0.1, 0.15) is 26.1 Å². The molecule has 0 fully saturated rings. The van der Waals surface area contributed by atoms with Crippen LogP contribution in [0.25, 0.3) is 11.3 Å². The van der Waals surface area contributed by atoms with Crippen molar-refractivity contribution in [3.8, 4) is 11.3 Å². The molecule has 0 spiro atoms. The highest BCUT2D eigenvalue weighted by Gasteiger charge is 2.29. The number of rotatable bonds is 4. The van der Waals surface area contributed by atoms with Crippen molar-refractivity contribution in [2.24, 2.45) is 0 Å². The van der Waals surface area contributed by atoms with E-state index in [1.54, 1.807) is 7.11 Å². The van der Waals surface area contributed by atoms with Crippen LogP contribution in [0.5, 0.6) is 0 Å². The monoisotopic (exact) mass is 402 g/mol. The largest absolute Gasteiger partial charge is 0.371 e. The highest BCUT2D eigenvalue weighted by molar-refractivity contribution is 14.1. The lowest BCUT2D eigenvalue weighted by molar-refractivity contribution is -0.00891. The Bertz CT molecular complexity index is 600. The minimum Gasteiger partial charge on any atom is -0.371 e. The van der Waals surface area contributed by atoms with Crippen LogP contribution in [0.15, 0.2) is 30.3 Å². The molecule has 1 aromatic carbocycles. The van der Waals surface area contributed by atoms with Gasteiger partial charge >= 0.3 is 0 Å². The van der Waals surface area contributed by atoms with E-state index in [0.717, 1.165) is 21.2 Å². The summed E-state index contributed by atoms with van der Waals surface area (Å²) < 4.78 is 6.43. The minimum atomic E-state index is -0.530. The number of ether oxygens (including phenoxy) is 1. The zero-order valence-electron chi connectivity index (χ0n) is 11.7. The molecule has 0 radical (unpaired) electrons. The topological polar surface area (TPSA) is 35.0 Å². The van der Waals surface area contributed by atoms with Crippen LogP contribution in [0.3, 0.4) is 0 Å². The molecule has 106 valence electrons. The molecule has 0 N–H and O–H groups in total. The second-order valence-electron chi connectivity index (χ2n) is 4.66. The fraction of sp³-hybridized carbons (Fsp3) is 0.333. The van der Waals surface area contributed by atoms with Crippen LogP contribution < -0.4 is 0 Å². The Kier molecular flexibility index (Phi) is 4.99. The fourth-order valence-corrected chi connectivity index (χ4v) is 2.56. The number of nitrogens with zero attached hydrogens (tertiary/aromatic N) is 2. The normalized spacial score (nSPS) is 14.1. The molecular weight excluding hydrogens is 387 g/mol. The van der Waals surface area contributed by atoms with Crippen molar-refractivity contribution >= 4 is 34.2 Å². The highest BCUT2D eigenvalue weighted by Crippen LogP contribution is 2.32. The summed E-state index contributed by atoms with van der Waals surface area (Å²) in [6.45, 7) is 4.02. The third kappa shape index (κ3) is 2.97. The van der Waals surface area contributed by atoms with Gasteiger partial charge in [-0.15, -0.1) is 0 Å². The van der Waals surface area contributed by atoms with E-state index in [1.165, 1.54) is 0 Å². The molecule has 1 heterocycles. The smallest absolute Gasteiger partial charge is 0.162 e. The van der Waals surface area contributed by atoms with Crippen molar-refractivity contribution in [2.45, 2.75) is 25.9 Å². The third-order valence-electron chi connectivity index (χ3n) is 3.46. The Morgan fingerprint density at radius 1 is 1.25 bits per heavy atom. The summed E-state index contributed by atoms with van der Waals surface area (Å²) in [5.41, 5.74) is 1.34. The minimum absolute atomic E-state index is 0.464. The Hall–Kier alpha value is -0.720. The van der Waals surface area contributed by atoms with Gasteiger partial charge in [-0.25, -0.2) is 9.97 Å². The van der Waals surface area contributed by atoms with Crippen LogP contribution in [0, 0.1) is 3.57 Å².